The van der Waals surface area contributed by atoms with Crippen LogP contribution in [0.1, 0.15) is 202 Å². The fourth-order valence-corrected chi connectivity index (χ4v) is 7.82. The van der Waals surface area contributed by atoms with Gasteiger partial charge in [0.05, 0.1) is 0 Å². The minimum Gasteiger partial charge on any atom is -0.493 e. The molecule has 3 rings (SSSR count). The zero-order chi connectivity index (χ0) is 34.7. The van der Waals surface area contributed by atoms with Gasteiger partial charge < -0.3 is 5.53 Å². The molecule has 0 spiro atoms. The summed E-state index contributed by atoms with van der Waals surface area (Å²) >= 11 is 0. The van der Waals surface area contributed by atoms with E-state index >= 15 is 0 Å². The lowest BCUT2D eigenvalue weighted by molar-refractivity contribution is -0.344. The largest absolute Gasteiger partial charge is 0.493 e. The van der Waals surface area contributed by atoms with E-state index in [0.717, 1.165) is 62.8 Å². The average molecular weight is 653 g/mol. The first-order valence-corrected chi connectivity index (χ1v) is 20.7. The second-order valence-corrected chi connectivity index (χ2v) is 14.7. The van der Waals surface area contributed by atoms with Gasteiger partial charge in [-0.15, -0.1) is 0 Å². The Morgan fingerprint density at radius 1 is 0.417 bits per heavy atom. The summed E-state index contributed by atoms with van der Waals surface area (Å²) in [4.78, 5) is 0. The van der Waals surface area contributed by atoms with Crippen LogP contribution >= 0.6 is 0 Å². The van der Waals surface area contributed by atoms with Gasteiger partial charge in [-0.2, -0.15) is 0 Å². The summed E-state index contributed by atoms with van der Waals surface area (Å²) in [6, 6.07) is 9.80. The zero-order valence-electron chi connectivity index (χ0n) is 32.5. The zero-order valence-corrected chi connectivity index (χ0v) is 32.5. The van der Waals surface area contributed by atoms with Gasteiger partial charge >= 0.3 is 0 Å². The Balaban J connectivity index is 2.14. The van der Waals surface area contributed by atoms with Gasteiger partial charge in [0.15, 0.2) is 0 Å². The molecule has 0 amide bonds. The predicted octanol–water partition coefficient (Wildman–Crippen LogP) is 14.5. The second-order valence-electron chi connectivity index (χ2n) is 14.7. The highest BCUT2D eigenvalue weighted by Crippen LogP contribution is 2.40. The molecular weight excluding hydrogens is 581 g/mol. The molecule has 0 N–H and O–H groups in total. The molecule has 266 valence electrons. The summed E-state index contributed by atoms with van der Waals surface area (Å²) in [5, 5.41) is 0. The highest BCUT2D eigenvalue weighted by atomic mass is 15.2. The molecule has 2 aromatic carbocycles. The smallest absolute Gasteiger partial charge is 0.210 e. The highest BCUT2D eigenvalue weighted by molar-refractivity contribution is 5.79. The Hall–Kier alpha value is -2.48. The van der Waals surface area contributed by atoms with Crippen molar-refractivity contribution in [2.45, 2.75) is 196 Å². The molecule has 1 aliphatic rings. The van der Waals surface area contributed by atoms with Gasteiger partial charge in [-0.05, 0) is 128 Å². The maximum atomic E-state index is 12.3. The number of hydrogen-bond acceptors (Lipinski definition) is 0. The molecule has 0 atom stereocenters. The van der Waals surface area contributed by atoms with E-state index in [-0.39, 0.29) is 0 Å². The minimum atomic E-state index is 0.973. The molecule has 0 saturated heterocycles. The van der Waals surface area contributed by atoms with Gasteiger partial charge in [0, 0.05) is 22.8 Å². The lowest BCUT2D eigenvalue weighted by Gasteiger charge is -2.19. The highest BCUT2D eigenvalue weighted by Gasteiger charge is 2.30. The molecule has 2 heteroatoms. The number of aryl methyl sites for hydroxylation is 4. The number of nitrogens with zero attached hydrogens (tertiary/aromatic N) is 2. The van der Waals surface area contributed by atoms with Gasteiger partial charge in [0.25, 0.3) is 0 Å². The molecule has 1 aliphatic heterocycles. The minimum absolute atomic E-state index is 0.973. The number of benzene rings is 2. The summed E-state index contributed by atoms with van der Waals surface area (Å²) < 4.78 is 1.60. The Labute approximate surface area is 297 Å². The maximum Gasteiger partial charge on any atom is 0.210 e. The molecule has 0 bridgehead atoms. The van der Waals surface area contributed by atoms with Gasteiger partial charge in [-0.1, -0.05) is 126 Å². The van der Waals surface area contributed by atoms with E-state index in [9.17, 15) is 5.53 Å². The fourth-order valence-electron chi connectivity index (χ4n) is 7.82. The van der Waals surface area contributed by atoms with Crippen LogP contribution in [0.3, 0.4) is 0 Å². The van der Waals surface area contributed by atoms with Gasteiger partial charge in [-0.3, -0.25) is 0 Å². The SMILES string of the molecule is CCCCCCCCCC1=C(c2cc(CCCC)c(CCCC)c(CCCC)c2)[N+](=[N-])C(c2cc(CCC)c(CCC)c(CCC)c2)=C1. The number of unbranched alkanes of at least 4 members (excludes halogenated alkanes) is 9. The quantitative estimate of drug-likeness (QED) is 0.0753. The van der Waals surface area contributed by atoms with Crippen LogP contribution in [-0.2, 0) is 38.5 Å². The first kappa shape index (κ1) is 40.0. The van der Waals surface area contributed by atoms with Crippen molar-refractivity contribution >= 4 is 11.4 Å². The average Bonchev–Trinajstić information content (AvgIpc) is 3.42. The van der Waals surface area contributed by atoms with Gasteiger partial charge in [-0.25, -0.2) is 4.70 Å². The van der Waals surface area contributed by atoms with Crippen molar-refractivity contribution in [3.05, 3.63) is 86.0 Å². The van der Waals surface area contributed by atoms with Crippen LogP contribution in [0, 0.1) is 0 Å². The summed E-state index contributed by atoms with van der Waals surface area (Å²) in [6.07, 6.45) is 30.1. The Morgan fingerprint density at radius 2 is 0.854 bits per heavy atom. The van der Waals surface area contributed by atoms with Crippen LogP contribution in [-0.4, -0.2) is 4.70 Å². The molecule has 48 heavy (non-hydrogen) atoms. The van der Waals surface area contributed by atoms with E-state index < -0.39 is 0 Å². The third-order valence-corrected chi connectivity index (χ3v) is 10.5. The monoisotopic (exact) mass is 653 g/mol. The van der Waals surface area contributed by atoms with E-state index in [4.69, 9.17) is 0 Å². The Kier molecular flexibility index (Phi) is 18.5. The van der Waals surface area contributed by atoms with Gasteiger partial charge in [0.2, 0.25) is 11.4 Å². The first-order chi connectivity index (χ1) is 23.5. The van der Waals surface area contributed by atoms with E-state index in [2.05, 4.69) is 78.8 Å². The van der Waals surface area contributed by atoms with Crippen LogP contribution in [0.15, 0.2) is 35.9 Å². The van der Waals surface area contributed by atoms with Crippen molar-refractivity contribution < 1.29 is 4.70 Å². The molecule has 2 nitrogen and oxygen atoms in total. The van der Waals surface area contributed by atoms with E-state index in [1.807, 2.05) is 0 Å². The lowest BCUT2D eigenvalue weighted by atomic mass is 9.87. The molecule has 0 aliphatic carbocycles. The van der Waals surface area contributed by atoms with Crippen molar-refractivity contribution in [1.29, 1.82) is 0 Å². The summed E-state index contributed by atoms with van der Waals surface area (Å²) in [7, 11) is 0. The topological polar surface area (TPSA) is 25.3 Å². The second kappa shape index (κ2) is 22.3. The van der Waals surface area contributed by atoms with E-state index in [0.29, 0.717) is 0 Å². The number of rotatable bonds is 25. The standard InChI is InChI=1S/C46H72N2/c1-8-15-19-20-21-22-23-29-40-35-45(41-31-36(24-12-5)43(26-14-7)37(32-41)25-13-6)48(47)46(40)42-33-38(27-16-9-2)44(30-18-11-4)39(34-42)28-17-10-3/h31-35H,8-30H2,1-7H3. The van der Waals surface area contributed by atoms with Gasteiger partial charge in [0.1, 0.15) is 0 Å². The summed E-state index contributed by atoms with van der Waals surface area (Å²) in [5.74, 6) is 0. The molecule has 1 heterocycles. The van der Waals surface area contributed by atoms with Crippen molar-refractivity contribution in [1.82, 2.24) is 0 Å². The van der Waals surface area contributed by atoms with Crippen LogP contribution in [0.2, 0.25) is 0 Å². The Morgan fingerprint density at radius 3 is 1.38 bits per heavy atom. The van der Waals surface area contributed by atoms with Crippen molar-refractivity contribution in [3.8, 4) is 0 Å². The molecule has 0 aromatic heterocycles. The van der Waals surface area contributed by atoms with Crippen LogP contribution in [0.5, 0.6) is 0 Å². The first-order valence-electron chi connectivity index (χ1n) is 20.7. The molecular formula is C46H72N2. The van der Waals surface area contributed by atoms with Crippen molar-refractivity contribution in [3.63, 3.8) is 0 Å². The molecule has 0 saturated carbocycles. The number of hydrogen-bond donors (Lipinski definition) is 0. The molecule has 0 fully saturated rings. The van der Waals surface area contributed by atoms with Crippen LogP contribution < -0.4 is 0 Å². The summed E-state index contributed by atoms with van der Waals surface area (Å²) in [5.41, 5.74) is 27.2. The summed E-state index contributed by atoms with van der Waals surface area (Å²) in [6.45, 7) is 16.1. The van der Waals surface area contributed by atoms with Crippen molar-refractivity contribution in [2.75, 3.05) is 0 Å². The van der Waals surface area contributed by atoms with E-state index in [1.165, 1.54) is 135 Å². The maximum absolute atomic E-state index is 12.3. The third kappa shape index (κ3) is 11.3. The lowest BCUT2D eigenvalue weighted by Crippen LogP contribution is -2.09. The normalized spacial score (nSPS) is 13.2. The molecule has 0 radical (unpaired) electrons. The third-order valence-electron chi connectivity index (χ3n) is 10.5. The molecule has 0 unspecified atom stereocenters. The predicted molar refractivity (Wildman–Crippen MR) is 212 cm³/mol. The van der Waals surface area contributed by atoms with Crippen LogP contribution in [0.25, 0.3) is 16.9 Å². The molecule has 2 aromatic rings. The van der Waals surface area contributed by atoms with E-state index in [1.54, 1.807) is 15.8 Å². The Bertz CT molecular complexity index is 1280. The fraction of sp³-hybridized carbons (Fsp3) is 0.652. The van der Waals surface area contributed by atoms with Crippen LogP contribution in [0.4, 0.5) is 0 Å². The van der Waals surface area contributed by atoms with Crippen molar-refractivity contribution in [2.24, 2.45) is 0 Å². The number of allylic oxidation sites excluding steroid dienone is 2.